The third-order valence-electron chi connectivity index (χ3n) is 8.59. The zero-order chi connectivity index (χ0) is 29.6. The molecule has 41 heavy (non-hydrogen) atoms. The number of aliphatic hydroxyl groups is 1. The Morgan fingerprint density at radius 3 is 1.93 bits per heavy atom. The SMILES string of the molecule is Cc1cc2c(c(O)c1-c1ccc3c(c1O)C(=O)C[C@](C)([C@@H]1OC(=O)C[C@@H]1C)O3)C(=O)C[C@@](C)([C@@H]1OC(=O)C[C@H]1O)O2. The first-order valence-electron chi connectivity index (χ1n) is 13.5. The third-order valence-corrected chi connectivity index (χ3v) is 8.59. The number of ketones is 2. The van der Waals surface area contributed by atoms with E-state index >= 15 is 0 Å². The van der Waals surface area contributed by atoms with Gasteiger partial charge >= 0.3 is 11.9 Å². The van der Waals surface area contributed by atoms with Gasteiger partial charge in [0.05, 0.1) is 25.7 Å². The van der Waals surface area contributed by atoms with Gasteiger partial charge in [0.15, 0.2) is 28.9 Å². The number of aromatic hydroxyl groups is 2. The molecule has 0 bridgehead atoms. The van der Waals surface area contributed by atoms with E-state index in [4.69, 9.17) is 18.9 Å². The summed E-state index contributed by atoms with van der Waals surface area (Å²) in [6.07, 6.45) is -3.25. The van der Waals surface area contributed by atoms with Crippen molar-refractivity contribution in [2.75, 3.05) is 0 Å². The number of aryl methyl sites for hydroxylation is 1. The molecule has 0 aromatic heterocycles. The van der Waals surface area contributed by atoms with E-state index in [0.29, 0.717) is 5.56 Å². The van der Waals surface area contributed by atoms with Gasteiger partial charge in [0.25, 0.3) is 0 Å². The average Bonchev–Trinajstić information content (AvgIpc) is 3.39. The highest BCUT2D eigenvalue weighted by Gasteiger charge is 2.53. The van der Waals surface area contributed by atoms with Crippen LogP contribution in [0.15, 0.2) is 18.2 Å². The zero-order valence-electron chi connectivity index (χ0n) is 23.0. The van der Waals surface area contributed by atoms with E-state index < -0.39 is 58.5 Å². The molecule has 0 aliphatic carbocycles. The lowest BCUT2D eigenvalue weighted by Gasteiger charge is -2.40. The molecule has 2 saturated heterocycles. The van der Waals surface area contributed by atoms with Gasteiger partial charge in [-0.2, -0.15) is 0 Å². The van der Waals surface area contributed by atoms with Crippen molar-refractivity contribution >= 4 is 23.5 Å². The number of fused-ring (bicyclic) bond motifs is 2. The number of rotatable bonds is 3. The predicted octanol–water partition coefficient (Wildman–Crippen LogP) is 3.15. The van der Waals surface area contributed by atoms with E-state index in [1.807, 2.05) is 6.92 Å². The predicted molar refractivity (Wildman–Crippen MR) is 140 cm³/mol. The molecule has 2 aromatic rings. The van der Waals surface area contributed by atoms with E-state index in [9.17, 15) is 34.5 Å². The Morgan fingerprint density at radius 2 is 1.34 bits per heavy atom. The number of Topliss-reactive ketones (excluding diaryl/α,β-unsaturated/α-hetero) is 2. The number of esters is 2. The smallest absolute Gasteiger partial charge is 0.309 e. The standard InChI is InChI=1S/C30H30O11/c1-12-7-19-24(17(33)11-30(4,41-19)28-15(31)9-21(35)39-28)26(37)22(12)14-5-6-18-23(25(14)36)16(32)10-29(3,40-18)27-13(2)8-20(34)38-27/h5-7,13,15,27-28,31,36-37H,8-11H2,1-4H3/t13-,15+,27+,28+,29+,30-/m0/s1. The van der Waals surface area contributed by atoms with Gasteiger partial charge in [-0.05, 0) is 44.5 Å². The highest BCUT2D eigenvalue weighted by atomic mass is 16.6. The van der Waals surface area contributed by atoms with Gasteiger partial charge < -0.3 is 34.3 Å². The maximum absolute atomic E-state index is 13.4. The summed E-state index contributed by atoms with van der Waals surface area (Å²) in [5.74, 6) is -2.72. The van der Waals surface area contributed by atoms with Crippen LogP contribution in [-0.4, -0.2) is 68.3 Å². The maximum atomic E-state index is 13.4. The van der Waals surface area contributed by atoms with Crippen LogP contribution in [0.4, 0.5) is 0 Å². The molecular weight excluding hydrogens is 536 g/mol. The Balaban J connectivity index is 1.38. The number of carbonyl (C=O) groups excluding carboxylic acids is 4. The van der Waals surface area contributed by atoms with Gasteiger partial charge in [0.2, 0.25) is 0 Å². The maximum Gasteiger partial charge on any atom is 0.309 e. The van der Waals surface area contributed by atoms with E-state index in [-0.39, 0.29) is 71.3 Å². The number of phenols is 2. The van der Waals surface area contributed by atoms with Crippen molar-refractivity contribution < 1.29 is 53.4 Å². The Kier molecular flexibility index (Phi) is 5.90. The molecule has 11 nitrogen and oxygen atoms in total. The molecular formula is C30H30O11. The molecule has 0 radical (unpaired) electrons. The molecule has 6 rings (SSSR count). The molecule has 4 aliphatic rings. The van der Waals surface area contributed by atoms with E-state index in [2.05, 4.69) is 0 Å². The van der Waals surface area contributed by atoms with Gasteiger partial charge in [-0.15, -0.1) is 0 Å². The van der Waals surface area contributed by atoms with E-state index in [0.717, 1.165) is 0 Å². The molecule has 2 aromatic carbocycles. The summed E-state index contributed by atoms with van der Waals surface area (Å²) < 4.78 is 23.0. The van der Waals surface area contributed by atoms with Crippen molar-refractivity contribution in [2.45, 2.75) is 82.9 Å². The Morgan fingerprint density at radius 1 is 0.780 bits per heavy atom. The molecule has 0 saturated carbocycles. The van der Waals surface area contributed by atoms with Crippen LogP contribution < -0.4 is 9.47 Å². The lowest BCUT2D eigenvalue weighted by Crippen LogP contribution is -2.53. The largest absolute Gasteiger partial charge is 0.506 e. The molecule has 2 fully saturated rings. The van der Waals surface area contributed by atoms with Crippen LogP contribution in [0.3, 0.4) is 0 Å². The Hall–Kier alpha value is -4.12. The van der Waals surface area contributed by atoms with Crippen LogP contribution in [0.1, 0.15) is 72.7 Å². The number of hydrogen-bond donors (Lipinski definition) is 3. The number of carbonyl (C=O) groups is 4. The van der Waals surface area contributed by atoms with Crippen molar-refractivity contribution in [3.8, 4) is 34.1 Å². The number of ether oxygens (including phenoxy) is 4. The molecule has 6 atom stereocenters. The second-order valence-electron chi connectivity index (χ2n) is 11.9. The zero-order valence-corrected chi connectivity index (χ0v) is 23.0. The molecule has 4 heterocycles. The first-order chi connectivity index (χ1) is 19.2. The lowest BCUT2D eigenvalue weighted by molar-refractivity contribution is -0.152. The van der Waals surface area contributed by atoms with Gasteiger partial charge in [0, 0.05) is 17.0 Å². The normalized spacial score (nSPS) is 32.5. The molecule has 3 N–H and O–H groups in total. The molecule has 0 amide bonds. The summed E-state index contributed by atoms with van der Waals surface area (Å²) >= 11 is 0. The fourth-order valence-electron chi connectivity index (χ4n) is 6.77. The molecule has 0 unspecified atom stereocenters. The number of hydrogen-bond acceptors (Lipinski definition) is 11. The number of phenolic OH excluding ortho intramolecular Hbond substituents is 2. The minimum atomic E-state index is -1.36. The van der Waals surface area contributed by atoms with Crippen LogP contribution in [0.2, 0.25) is 0 Å². The summed E-state index contributed by atoms with van der Waals surface area (Å²) in [4.78, 5) is 50.3. The number of cyclic esters (lactones) is 2. The van der Waals surface area contributed by atoms with Crippen molar-refractivity contribution in [2.24, 2.45) is 5.92 Å². The third kappa shape index (κ3) is 4.05. The summed E-state index contributed by atoms with van der Waals surface area (Å²) in [5, 5.41) is 32.9. The summed E-state index contributed by atoms with van der Waals surface area (Å²) in [5.41, 5.74) is -1.98. The van der Waals surface area contributed by atoms with Gasteiger partial charge in [-0.25, -0.2) is 0 Å². The van der Waals surface area contributed by atoms with E-state index in [1.54, 1.807) is 20.8 Å². The highest BCUT2D eigenvalue weighted by Crippen LogP contribution is 2.52. The fraction of sp³-hybridized carbons (Fsp3) is 0.467. The lowest BCUT2D eigenvalue weighted by atomic mass is 9.80. The van der Waals surface area contributed by atoms with Crippen LogP contribution in [0.25, 0.3) is 11.1 Å². The number of benzene rings is 2. The molecule has 216 valence electrons. The second-order valence-corrected chi connectivity index (χ2v) is 11.9. The topological polar surface area (TPSA) is 166 Å². The Bertz CT molecular complexity index is 1540. The van der Waals surface area contributed by atoms with Crippen LogP contribution in [-0.2, 0) is 19.1 Å². The second kappa shape index (κ2) is 8.94. The van der Waals surface area contributed by atoms with Gasteiger partial charge in [-0.3, -0.25) is 19.2 Å². The van der Waals surface area contributed by atoms with Gasteiger partial charge in [-0.1, -0.05) is 6.92 Å². The first kappa shape index (κ1) is 27.1. The van der Waals surface area contributed by atoms with Crippen LogP contribution >= 0.6 is 0 Å². The van der Waals surface area contributed by atoms with Crippen molar-refractivity contribution in [1.82, 2.24) is 0 Å². The molecule has 0 spiro atoms. The monoisotopic (exact) mass is 566 g/mol. The molecule has 11 heteroatoms. The van der Waals surface area contributed by atoms with Crippen LogP contribution in [0.5, 0.6) is 23.0 Å². The molecule has 4 aliphatic heterocycles. The average molecular weight is 567 g/mol. The van der Waals surface area contributed by atoms with Crippen molar-refractivity contribution in [3.63, 3.8) is 0 Å². The summed E-state index contributed by atoms with van der Waals surface area (Å²) in [6.45, 7) is 6.75. The van der Waals surface area contributed by atoms with Crippen molar-refractivity contribution in [1.29, 1.82) is 0 Å². The summed E-state index contributed by atoms with van der Waals surface area (Å²) in [6, 6.07) is 4.51. The fourth-order valence-corrected chi connectivity index (χ4v) is 6.77. The minimum absolute atomic E-state index is 0.0468. The van der Waals surface area contributed by atoms with E-state index in [1.165, 1.54) is 18.2 Å². The highest BCUT2D eigenvalue weighted by molar-refractivity contribution is 6.08. The Labute approximate surface area is 235 Å². The minimum Gasteiger partial charge on any atom is -0.506 e. The first-order valence-corrected chi connectivity index (χ1v) is 13.5. The quantitative estimate of drug-likeness (QED) is 0.467. The van der Waals surface area contributed by atoms with Crippen LogP contribution in [0, 0.1) is 12.8 Å². The number of aliphatic hydroxyl groups excluding tert-OH is 1. The van der Waals surface area contributed by atoms with Crippen molar-refractivity contribution in [3.05, 3.63) is 34.9 Å². The van der Waals surface area contributed by atoms with Gasteiger partial charge in [0.1, 0.15) is 46.3 Å². The summed E-state index contributed by atoms with van der Waals surface area (Å²) in [7, 11) is 0.